The number of esters is 1. The quantitative estimate of drug-likeness (QED) is 0.736. The van der Waals surface area contributed by atoms with Crippen LogP contribution in [-0.2, 0) is 16.0 Å². The monoisotopic (exact) mass is 254 g/mol. The summed E-state index contributed by atoms with van der Waals surface area (Å²) in [5.74, 6) is -0.397. The molecule has 0 saturated carbocycles. The van der Waals surface area contributed by atoms with Gasteiger partial charge >= 0.3 is 5.97 Å². The van der Waals surface area contributed by atoms with Crippen LogP contribution in [0.3, 0.4) is 0 Å². The first-order valence-electron chi connectivity index (χ1n) is 5.79. The Morgan fingerprint density at radius 2 is 2.11 bits per heavy atom. The first-order valence-corrected chi connectivity index (χ1v) is 5.79. The van der Waals surface area contributed by atoms with Crippen LogP contribution in [0.25, 0.3) is 0 Å². The third kappa shape index (κ3) is 3.28. The van der Waals surface area contributed by atoms with Crippen molar-refractivity contribution in [3.63, 3.8) is 0 Å². The lowest BCUT2D eigenvalue weighted by Crippen LogP contribution is -2.45. The van der Waals surface area contributed by atoms with Crippen molar-refractivity contribution in [3.05, 3.63) is 11.6 Å². The van der Waals surface area contributed by atoms with Gasteiger partial charge in [-0.15, -0.1) is 5.10 Å². The summed E-state index contributed by atoms with van der Waals surface area (Å²) < 4.78 is 4.63. The predicted octanol–water partition coefficient (Wildman–Crippen LogP) is 0.294. The topological polar surface area (TPSA) is 97.0 Å². The van der Waals surface area contributed by atoms with E-state index in [-0.39, 0.29) is 11.7 Å². The van der Waals surface area contributed by atoms with Gasteiger partial charge in [0.1, 0.15) is 11.9 Å². The fraction of sp³-hybridized carbons (Fsp3) is 0.636. The van der Waals surface area contributed by atoms with Crippen molar-refractivity contribution >= 4 is 11.9 Å². The van der Waals surface area contributed by atoms with Gasteiger partial charge < -0.3 is 10.1 Å². The van der Waals surface area contributed by atoms with E-state index in [1.807, 2.05) is 20.8 Å². The summed E-state index contributed by atoms with van der Waals surface area (Å²) in [6, 6.07) is -0.703. The minimum atomic E-state index is -0.703. The summed E-state index contributed by atoms with van der Waals surface area (Å²) in [5, 5.41) is 8.99. The molecular formula is C11H18N4O3. The first kappa shape index (κ1) is 14.1. The molecule has 0 aliphatic rings. The van der Waals surface area contributed by atoms with Gasteiger partial charge in [0.15, 0.2) is 0 Å². The van der Waals surface area contributed by atoms with E-state index < -0.39 is 17.9 Å². The maximum atomic E-state index is 11.8. The molecule has 1 heterocycles. The minimum absolute atomic E-state index is 0.0291. The molecule has 0 fully saturated rings. The van der Waals surface area contributed by atoms with Gasteiger partial charge in [-0.3, -0.25) is 9.89 Å². The number of carbonyl (C=O) groups is 2. The number of carbonyl (C=O) groups excluding carboxylic acids is 2. The van der Waals surface area contributed by atoms with Gasteiger partial charge in [-0.05, 0) is 5.92 Å². The summed E-state index contributed by atoms with van der Waals surface area (Å²) >= 11 is 0. The lowest BCUT2D eigenvalue weighted by Gasteiger charge is -2.18. The predicted molar refractivity (Wildman–Crippen MR) is 63.9 cm³/mol. The van der Waals surface area contributed by atoms with Crippen LogP contribution in [0.1, 0.15) is 37.2 Å². The highest BCUT2D eigenvalue weighted by molar-refractivity contribution is 5.93. The summed E-state index contributed by atoms with van der Waals surface area (Å²) in [6.07, 6.45) is 0.658. The van der Waals surface area contributed by atoms with E-state index in [4.69, 9.17) is 0 Å². The SMILES string of the molecule is CCc1nc(C(=O)NC(C(=O)OC)C(C)C)n[nH]1. The van der Waals surface area contributed by atoms with Crippen LogP contribution in [0.15, 0.2) is 0 Å². The molecule has 1 atom stereocenters. The van der Waals surface area contributed by atoms with E-state index in [2.05, 4.69) is 25.2 Å². The standard InChI is InChI=1S/C11H18N4O3/c1-5-7-12-9(15-14-7)10(16)13-8(6(2)3)11(17)18-4/h6,8H,5H2,1-4H3,(H,13,16)(H,12,14,15). The van der Waals surface area contributed by atoms with Gasteiger partial charge in [0.2, 0.25) is 5.82 Å². The molecule has 100 valence electrons. The van der Waals surface area contributed by atoms with Gasteiger partial charge in [0.05, 0.1) is 7.11 Å². The van der Waals surface area contributed by atoms with Crippen LogP contribution < -0.4 is 5.32 Å². The van der Waals surface area contributed by atoms with Crippen LogP contribution in [0, 0.1) is 5.92 Å². The Morgan fingerprint density at radius 1 is 1.44 bits per heavy atom. The van der Waals surface area contributed by atoms with E-state index in [1.165, 1.54) is 7.11 Å². The molecule has 0 aromatic carbocycles. The molecular weight excluding hydrogens is 236 g/mol. The molecule has 1 amide bonds. The van der Waals surface area contributed by atoms with Crippen molar-refractivity contribution < 1.29 is 14.3 Å². The number of ether oxygens (including phenoxy) is 1. The number of aryl methyl sites for hydroxylation is 1. The fourth-order valence-electron chi connectivity index (χ4n) is 1.39. The molecule has 0 aliphatic carbocycles. The van der Waals surface area contributed by atoms with Crippen molar-refractivity contribution in [2.45, 2.75) is 33.2 Å². The number of nitrogens with zero attached hydrogens (tertiary/aromatic N) is 2. The third-order valence-corrected chi connectivity index (χ3v) is 2.48. The number of H-pyrrole nitrogens is 1. The van der Waals surface area contributed by atoms with Gasteiger partial charge in [0, 0.05) is 6.42 Å². The average Bonchev–Trinajstić information content (AvgIpc) is 2.83. The molecule has 7 heteroatoms. The van der Waals surface area contributed by atoms with Crippen molar-refractivity contribution in [3.8, 4) is 0 Å². The number of hydrogen-bond acceptors (Lipinski definition) is 5. The molecule has 1 unspecified atom stereocenters. The molecule has 0 spiro atoms. The Balaban J connectivity index is 2.75. The van der Waals surface area contributed by atoms with E-state index in [0.717, 1.165) is 0 Å². The second-order valence-corrected chi connectivity index (χ2v) is 4.18. The zero-order valence-electron chi connectivity index (χ0n) is 11.0. The van der Waals surface area contributed by atoms with E-state index in [1.54, 1.807) is 0 Å². The molecule has 1 rings (SSSR count). The van der Waals surface area contributed by atoms with Gasteiger partial charge in [0.25, 0.3) is 5.91 Å². The van der Waals surface area contributed by atoms with Gasteiger partial charge in [-0.25, -0.2) is 9.78 Å². The zero-order chi connectivity index (χ0) is 13.7. The van der Waals surface area contributed by atoms with Crippen LogP contribution in [0.5, 0.6) is 0 Å². The first-order chi connectivity index (χ1) is 8.49. The molecule has 2 N–H and O–H groups in total. The normalized spacial score (nSPS) is 12.3. The summed E-state index contributed by atoms with van der Waals surface area (Å²) in [4.78, 5) is 27.3. The molecule has 1 aromatic heterocycles. The lowest BCUT2D eigenvalue weighted by molar-refractivity contribution is -0.144. The highest BCUT2D eigenvalue weighted by atomic mass is 16.5. The number of methoxy groups -OCH3 is 1. The summed E-state index contributed by atoms with van der Waals surface area (Å²) in [7, 11) is 1.28. The van der Waals surface area contributed by atoms with Crippen LogP contribution in [0.4, 0.5) is 0 Å². The number of rotatable bonds is 5. The third-order valence-electron chi connectivity index (χ3n) is 2.48. The summed E-state index contributed by atoms with van der Waals surface area (Å²) in [6.45, 7) is 5.53. The fourth-order valence-corrected chi connectivity index (χ4v) is 1.39. The van der Waals surface area contributed by atoms with Crippen molar-refractivity contribution in [1.29, 1.82) is 0 Å². The second-order valence-electron chi connectivity index (χ2n) is 4.18. The molecule has 0 radical (unpaired) electrons. The summed E-state index contributed by atoms with van der Waals surface area (Å²) in [5.41, 5.74) is 0. The molecule has 1 aromatic rings. The van der Waals surface area contributed by atoms with Crippen molar-refractivity contribution in [2.24, 2.45) is 5.92 Å². The molecule has 0 saturated heterocycles. The second kappa shape index (κ2) is 6.13. The Morgan fingerprint density at radius 3 is 2.56 bits per heavy atom. The van der Waals surface area contributed by atoms with Crippen LogP contribution in [-0.4, -0.2) is 40.2 Å². The van der Waals surface area contributed by atoms with E-state index >= 15 is 0 Å². The molecule has 0 bridgehead atoms. The van der Waals surface area contributed by atoms with Gasteiger partial charge in [-0.2, -0.15) is 0 Å². The lowest BCUT2D eigenvalue weighted by atomic mass is 10.0. The zero-order valence-corrected chi connectivity index (χ0v) is 11.0. The van der Waals surface area contributed by atoms with Crippen molar-refractivity contribution in [2.75, 3.05) is 7.11 Å². The number of hydrogen-bond donors (Lipinski definition) is 2. The number of nitrogens with one attached hydrogen (secondary N) is 2. The maximum absolute atomic E-state index is 11.8. The van der Waals surface area contributed by atoms with Crippen LogP contribution in [0.2, 0.25) is 0 Å². The largest absolute Gasteiger partial charge is 0.467 e. The molecule has 0 aliphatic heterocycles. The number of aromatic amines is 1. The molecule has 18 heavy (non-hydrogen) atoms. The smallest absolute Gasteiger partial charge is 0.328 e. The highest BCUT2D eigenvalue weighted by Crippen LogP contribution is 2.04. The number of aromatic nitrogens is 3. The molecule has 7 nitrogen and oxygen atoms in total. The van der Waals surface area contributed by atoms with Crippen LogP contribution >= 0.6 is 0 Å². The average molecular weight is 254 g/mol. The van der Waals surface area contributed by atoms with Gasteiger partial charge in [-0.1, -0.05) is 20.8 Å². The van der Waals surface area contributed by atoms with E-state index in [0.29, 0.717) is 12.2 Å². The Labute approximate surface area is 105 Å². The maximum Gasteiger partial charge on any atom is 0.328 e. The van der Waals surface area contributed by atoms with E-state index in [9.17, 15) is 9.59 Å². The Hall–Kier alpha value is -1.92. The number of amides is 1. The Kier molecular flexibility index (Phi) is 4.82. The minimum Gasteiger partial charge on any atom is -0.467 e. The van der Waals surface area contributed by atoms with Crippen molar-refractivity contribution in [1.82, 2.24) is 20.5 Å². The Bertz CT molecular complexity index is 428. The highest BCUT2D eigenvalue weighted by Gasteiger charge is 2.26.